The van der Waals surface area contributed by atoms with Gasteiger partial charge in [-0.05, 0) is 0 Å². The summed E-state index contributed by atoms with van der Waals surface area (Å²) in [5, 5.41) is 1.23. The zero-order valence-corrected chi connectivity index (χ0v) is 9.97. The fourth-order valence-electron chi connectivity index (χ4n) is 1.02. The van der Waals surface area contributed by atoms with Crippen LogP contribution in [0.3, 0.4) is 0 Å². The van der Waals surface area contributed by atoms with E-state index in [4.69, 9.17) is 9.95 Å². The van der Waals surface area contributed by atoms with Crippen LogP contribution in [0.2, 0.25) is 5.21 Å². The summed E-state index contributed by atoms with van der Waals surface area (Å²) in [6.07, 6.45) is 2.53. The molecule has 66 valence electrons. The second-order valence-corrected chi connectivity index (χ2v) is 8.44. The molecule has 0 aliphatic carbocycles. The van der Waals surface area contributed by atoms with Crippen molar-refractivity contribution < 1.29 is 0 Å². The van der Waals surface area contributed by atoms with E-state index in [-0.39, 0.29) is 0 Å². The van der Waals surface area contributed by atoms with Crippen LogP contribution in [0.25, 0.3) is 0 Å². The molecule has 0 saturated carbocycles. The summed E-state index contributed by atoms with van der Waals surface area (Å²) in [7, 11) is 6.33. The van der Waals surface area contributed by atoms with Crippen molar-refractivity contribution in [2.45, 2.75) is 25.0 Å². The molecule has 1 rings (SSSR count). The first-order chi connectivity index (χ1) is 5.84. The Hall–Kier alpha value is 0.0684. The zero-order chi connectivity index (χ0) is 8.81. The molecule has 0 radical (unpaired) electrons. The third-order valence-electron chi connectivity index (χ3n) is 1.74. The molecule has 0 saturated heterocycles. The number of benzene rings is 1. The minimum absolute atomic E-state index is 1.17. The first-order valence-electron chi connectivity index (χ1n) is 4.33. The van der Waals surface area contributed by atoms with E-state index >= 15 is 0 Å². The summed E-state index contributed by atoms with van der Waals surface area (Å²) < 4.78 is 1.39. The van der Waals surface area contributed by atoms with Gasteiger partial charge >= 0.3 is 83.3 Å². The molecule has 0 N–H and O–H groups in total. The molecule has 0 heterocycles. The van der Waals surface area contributed by atoms with Gasteiger partial charge in [0.25, 0.3) is 0 Å². The summed E-state index contributed by atoms with van der Waals surface area (Å²) in [4.78, 5) is 0. The second kappa shape index (κ2) is 5.67. The Morgan fingerprint density at radius 1 is 1.25 bits per heavy atom. The quantitative estimate of drug-likeness (QED) is 0.715. The molecule has 0 aliphatic rings. The van der Waals surface area contributed by atoms with Crippen molar-refractivity contribution in [1.29, 1.82) is 0 Å². The van der Waals surface area contributed by atoms with E-state index in [1.165, 1.54) is 22.4 Å². The normalized spacial score (nSPS) is 12.8. The van der Waals surface area contributed by atoms with Crippen LogP contribution >= 0.6 is 9.95 Å². The van der Waals surface area contributed by atoms with E-state index in [1.807, 2.05) is 6.07 Å². The summed E-state index contributed by atoms with van der Waals surface area (Å²) in [5.74, 6) is 0. The molecule has 0 aliphatic heterocycles. The van der Waals surface area contributed by atoms with Gasteiger partial charge in [-0.1, -0.05) is 0 Å². The van der Waals surface area contributed by atoms with Gasteiger partial charge in [-0.2, -0.15) is 0 Å². The van der Waals surface area contributed by atoms with E-state index in [1.54, 1.807) is 0 Å². The van der Waals surface area contributed by atoms with Gasteiger partial charge in [0.2, 0.25) is 0 Å². The molecule has 12 heavy (non-hydrogen) atoms. The van der Waals surface area contributed by atoms with Crippen LogP contribution in [0, 0.1) is 0 Å². The van der Waals surface area contributed by atoms with Crippen LogP contribution in [0.5, 0.6) is 0 Å². The Morgan fingerprint density at radius 2 is 1.92 bits per heavy atom. The fraction of sp³-hybridized carbons (Fsp3) is 0.400. The third-order valence-corrected chi connectivity index (χ3v) is 6.93. The minimum atomic E-state index is -1.17. The maximum absolute atomic E-state index is 6.33. The molecule has 0 bridgehead atoms. The summed E-state index contributed by atoms with van der Waals surface area (Å²) >= 11 is -1.17. The van der Waals surface area contributed by atoms with Crippen molar-refractivity contribution in [2.24, 2.45) is 0 Å². The molecule has 2 heteroatoms. The summed E-state index contributed by atoms with van der Waals surface area (Å²) in [6, 6.07) is 10.5. The van der Waals surface area contributed by atoms with E-state index in [0.29, 0.717) is 0 Å². The van der Waals surface area contributed by atoms with Crippen molar-refractivity contribution in [2.75, 3.05) is 0 Å². The summed E-state index contributed by atoms with van der Waals surface area (Å²) in [6.45, 7) is 2.21. The molecular formula is C10H14AsCl. The van der Waals surface area contributed by atoms with E-state index < -0.39 is 13.7 Å². The Kier molecular flexibility index (Phi) is 4.80. The molecule has 1 aromatic rings. The predicted molar refractivity (Wildman–Crippen MR) is 57.4 cm³/mol. The Labute approximate surface area is 83.4 Å². The Bertz CT molecular complexity index is 210. The molecule has 0 spiro atoms. The van der Waals surface area contributed by atoms with Crippen LogP contribution in [-0.4, -0.2) is 13.7 Å². The van der Waals surface area contributed by atoms with Gasteiger partial charge in [0, 0.05) is 0 Å². The van der Waals surface area contributed by atoms with Crippen LogP contribution in [0.15, 0.2) is 30.3 Å². The number of halogens is 1. The number of unbranched alkanes of at least 4 members (excludes halogenated alkanes) is 1. The van der Waals surface area contributed by atoms with Crippen LogP contribution in [0.4, 0.5) is 0 Å². The SMILES string of the molecule is CCCC[As](Cl)c1ccccc1. The first kappa shape index (κ1) is 10.2. The van der Waals surface area contributed by atoms with Gasteiger partial charge in [-0.25, -0.2) is 0 Å². The van der Waals surface area contributed by atoms with Crippen molar-refractivity contribution in [1.82, 2.24) is 0 Å². The number of hydrogen-bond donors (Lipinski definition) is 0. The molecule has 0 aromatic heterocycles. The van der Waals surface area contributed by atoms with Gasteiger partial charge in [0.15, 0.2) is 0 Å². The molecule has 0 fully saturated rings. The summed E-state index contributed by atoms with van der Waals surface area (Å²) in [5.41, 5.74) is 0. The van der Waals surface area contributed by atoms with Crippen molar-refractivity contribution in [3.8, 4) is 0 Å². The fourth-order valence-corrected chi connectivity index (χ4v) is 5.05. The number of hydrogen-bond acceptors (Lipinski definition) is 0. The zero-order valence-electron chi connectivity index (χ0n) is 7.33. The van der Waals surface area contributed by atoms with E-state index in [2.05, 4.69) is 31.2 Å². The molecule has 1 aromatic carbocycles. The second-order valence-electron chi connectivity index (χ2n) is 2.77. The molecule has 0 amide bonds. The Balaban J connectivity index is 2.48. The average molecular weight is 245 g/mol. The van der Waals surface area contributed by atoms with Gasteiger partial charge < -0.3 is 0 Å². The molecule has 1 atom stereocenters. The molecular weight excluding hydrogens is 230 g/mol. The van der Waals surface area contributed by atoms with Gasteiger partial charge in [-0.15, -0.1) is 0 Å². The monoisotopic (exact) mass is 244 g/mol. The Morgan fingerprint density at radius 3 is 2.50 bits per heavy atom. The van der Waals surface area contributed by atoms with Gasteiger partial charge in [-0.3, -0.25) is 0 Å². The first-order valence-corrected chi connectivity index (χ1v) is 9.06. The predicted octanol–water partition coefficient (Wildman–Crippen LogP) is 2.92. The van der Waals surface area contributed by atoms with Gasteiger partial charge in [0.05, 0.1) is 0 Å². The van der Waals surface area contributed by atoms with Crippen molar-refractivity contribution in [3.05, 3.63) is 30.3 Å². The van der Waals surface area contributed by atoms with Crippen LogP contribution in [-0.2, 0) is 0 Å². The van der Waals surface area contributed by atoms with Crippen LogP contribution < -0.4 is 4.35 Å². The third kappa shape index (κ3) is 3.21. The average Bonchev–Trinajstić information content (AvgIpc) is 2.15. The topological polar surface area (TPSA) is 0 Å². The maximum atomic E-state index is 6.33. The van der Waals surface area contributed by atoms with E-state index in [0.717, 1.165) is 0 Å². The van der Waals surface area contributed by atoms with Crippen molar-refractivity contribution in [3.63, 3.8) is 0 Å². The number of rotatable bonds is 4. The van der Waals surface area contributed by atoms with Gasteiger partial charge in [0.1, 0.15) is 0 Å². The van der Waals surface area contributed by atoms with Crippen LogP contribution in [0.1, 0.15) is 19.8 Å². The molecule has 0 nitrogen and oxygen atoms in total. The van der Waals surface area contributed by atoms with E-state index in [9.17, 15) is 0 Å². The van der Waals surface area contributed by atoms with Crippen molar-refractivity contribution >= 4 is 28.0 Å². The standard InChI is InChI=1S/C10H14AsCl/c1-2-3-9-11(12)10-7-5-4-6-8-10/h4-8H,2-3,9H2,1H3. The molecule has 1 unspecified atom stereocenters.